The fraction of sp³-hybridized carbons (Fsp3) is 0.929. The van der Waals surface area contributed by atoms with Crippen molar-refractivity contribution in [2.45, 2.75) is 57.7 Å². The summed E-state index contributed by atoms with van der Waals surface area (Å²) < 4.78 is 41.9. The number of guanidine groups is 1. The van der Waals surface area contributed by atoms with Gasteiger partial charge >= 0.3 is 6.18 Å². The van der Waals surface area contributed by atoms with E-state index >= 15 is 0 Å². The number of hydrogen-bond donors (Lipinski definition) is 2. The summed E-state index contributed by atoms with van der Waals surface area (Å²) in [6.45, 7) is 3.55. The van der Waals surface area contributed by atoms with E-state index in [1.165, 1.54) is 12.8 Å². The molecule has 0 unspecified atom stereocenters. The van der Waals surface area contributed by atoms with Gasteiger partial charge in [0.2, 0.25) is 0 Å². The molecular formula is C14H26F3N3O. The topological polar surface area (TPSA) is 45.7 Å². The normalized spacial score (nSPS) is 17.2. The van der Waals surface area contributed by atoms with Gasteiger partial charge < -0.3 is 15.4 Å². The van der Waals surface area contributed by atoms with Crippen LogP contribution in [0.2, 0.25) is 0 Å². The fourth-order valence-corrected chi connectivity index (χ4v) is 2.22. The highest BCUT2D eigenvalue weighted by atomic mass is 19.4. The quantitative estimate of drug-likeness (QED) is 0.412. The number of hydrogen-bond acceptors (Lipinski definition) is 2. The lowest BCUT2D eigenvalue weighted by Crippen LogP contribution is -2.39. The van der Waals surface area contributed by atoms with Crippen LogP contribution in [0.15, 0.2) is 4.99 Å². The first-order chi connectivity index (χ1) is 10.0. The van der Waals surface area contributed by atoms with Crippen LogP contribution in [-0.4, -0.2) is 44.5 Å². The van der Waals surface area contributed by atoms with E-state index in [4.69, 9.17) is 4.74 Å². The number of nitrogens with one attached hydrogen (secondary N) is 2. The molecule has 1 fully saturated rings. The Morgan fingerprint density at radius 3 is 2.57 bits per heavy atom. The molecule has 0 aromatic heterocycles. The van der Waals surface area contributed by atoms with Gasteiger partial charge in [-0.15, -0.1) is 0 Å². The van der Waals surface area contributed by atoms with Crippen LogP contribution in [0.4, 0.5) is 13.2 Å². The Kier molecular flexibility index (Phi) is 8.49. The predicted octanol–water partition coefficient (Wildman–Crippen LogP) is 2.84. The van der Waals surface area contributed by atoms with Crippen molar-refractivity contribution < 1.29 is 17.9 Å². The number of aliphatic imine (C=N–C) groups is 1. The lowest BCUT2D eigenvalue weighted by Gasteiger charge is -2.13. The number of alkyl halides is 3. The molecule has 0 heterocycles. The summed E-state index contributed by atoms with van der Waals surface area (Å²) in [5.74, 6) is 0.433. The first kappa shape index (κ1) is 18.1. The highest BCUT2D eigenvalue weighted by Crippen LogP contribution is 2.20. The van der Waals surface area contributed by atoms with Crippen molar-refractivity contribution in [3.05, 3.63) is 0 Å². The van der Waals surface area contributed by atoms with Gasteiger partial charge in [0.15, 0.2) is 5.96 Å². The standard InChI is InChI=1S/C14H26F3N3O/c1-2-18-13(20-10-8-14(15,16)17)19-9-5-11-21-12-6-3-4-7-12/h12H,2-11H2,1H3,(H2,18,19,20). The molecule has 0 atom stereocenters. The maximum Gasteiger partial charge on any atom is 0.390 e. The average Bonchev–Trinajstić information content (AvgIpc) is 2.90. The Morgan fingerprint density at radius 2 is 1.95 bits per heavy atom. The molecule has 0 bridgehead atoms. The van der Waals surface area contributed by atoms with Gasteiger partial charge in [0.1, 0.15) is 0 Å². The van der Waals surface area contributed by atoms with E-state index in [-0.39, 0.29) is 6.54 Å². The van der Waals surface area contributed by atoms with Gasteiger partial charge in [-0.05, 0) is 26.2 Å². The minimum Gasteiger partial charge on any atom is -0.378 e. The third kappa shape index (κ3) is 9.55. The molecule has 0 saturated heterocycles. The minimum absolute atomic E-state index is 0.159. The highest BCUT2D eigenvalue weighted by molar-refractivity contribution is 5.79. The summed E-state index contributed by atoms with van der Waals surface area (Å²) >= 11 is 0. The van der Waals surface area contributed by atoms with Gasteiger partial charge in [-0.2, -0.15) is 13.2 Å². The number of halogens is 3. The minimum atomic E-state index is -4.14. The molecule has 1 saturated carbocycles. The second-order valence-electron chi connectivity index (χ2n) is 5.18. The first-order valence-corrected chi connectivity index (χ1v) is 7.72. The highest BCUT2D eigenvalue weighted by Gasteiger charge is 2.26. The zero-order valence-electron chi connectivity index (χ0n) is 12.6. The Bertz CT molecular complexity index is 302. The van der Waals surface area contributed by atoms with E-state index in [9.17, 15) is 13.2 Å². The summed E-state index contributed by atoms with van der Waals surface area (Å²) in [6, 6.07) is 0. The summed E-state index contributed by atoms with van der Waals surface area (Å²) in [7, 11) is 0. The zero-order valence-corrected chi connectivity index (χ0v) is 12.6. The van der Waals surface area contributed by atoms with Gasteiger partial charge in [0.25, 0.3) is 0 Å². The monoisotopic (exact) mass is 309 g/mol. The molecule has 4 nitrogen and oxygen atoms in total. The third-order valence-electron chi connectivity index (χ3n) is 3.27. The van der Waals surface area contributed by atoms with Gasteiger partial charge in [0.05, 0.1) is 12.5 Å². The lowest BCUT2D eigenvalue weighted by atomic mass is 10.3. The molecule has 1 aliphatic rings. The molecular weight excluding hydrogens is 283 g/mol. The van der Waals surface area contributed by atoms with Crippen molar-refractivity contribution in [2.75, 3.05) is 26.2 Å². The van der Waals surface area contributed by atoms with Gasteiger partial charge in [-0.1, -0.05) is 12.8 Å². The molecule has 0 aromatic rings. The van der Waals surface area contributed by atoms with E-state index in [0.29, 0.717) is 31.8 Å². The van der Waals surface area contributed by atoms with Crippen LogP contribution in [-0.2, 0) is 4.74 Å². The maximum atomic E-state index is 12.1. The third-order valence-corrected chi connectivity index (χ3v) is 3.27. The zero-order chi connectivity index (χ0) is 15.6. The van der Waals surface area contributed by atoms with Crippen LogP contribution >= 0.6 is 0 Å². The molecule has 0 aliphatic heterocycles. The Balaban J connectivity index is 2.14. The molecule has 1 rings (SSSR count). The van der Waals surface area contributed by atoms with Crippen molar-refractivity contribution in [1.82, 2.24) is 10.6 Å². The van der Waals surface area contributed by atoms with E-state index in [1.54, 1.807) is 0 Å². The fourth-order valence-electron chi connectivity index (χ4n) is 2.22. The lowest BCUT2D eigenvalue weighted by molar-refractivity contribution is -0.132. The number of ether oxygens (including phenoxy) is 1. The number of rotatable bonds is 8. The van der Waals surface area contributed by atoms with Crippen LogP contribution in [0.5, 0.6) is 0 Å². The summed E-state index contributed by atoms with van der Waals surface area (Å²) in [5.41, 5.74) is 0. The Morgan fingerprint density at radius 1 is 1.24 bits per heavy atom. The van der Waals surface area contributed by atoms with Gasteiger partial charge in [-0.3, -0.25) is 4.99 Å². The SMILES string of the molecule is CCNC(=NCCCOC1CCCC1)NCCC(F)(F)F. The summed E-state index contributed by atoms with van der Waals surface area (Å²) in [5, 5.41) is 5.62. The van der Waals surface area contributed by atoms with Crippen molar-refractivity contribution >= 4 is 5.96 Å². The first-order valence-electron chi connectivity index (χ1n) is 7.72. The second kappa shape index (κ2) is 9.87. The predicted molar refractivity (Wildman–Crippen MR) is 77.5 cm³/mol. The smallest absolute Gasteiger partial charge is 0.378 e. The van der Waals surface area contributed by atoms with Crippen LogP contribution in [0.25, 0.3) is 0 Å². The van der Waals surface area contributed by atoms with E-state index in [0.717, 1.165) is 19.3 Å². The molecule has 124 valence electrons. The summed E-state index contributed by atoms with van der Waals surface area (Å²) in [6.07, 6.45) is 0.962. The molecule has 0 amide bonds. The van der Waals surface area contributed by atoms with Crippen LogP contribution in [0, 0.1) is 0 Å². The molecule has 21 heavy (non-hydrogen) atoms. The van der Waals surface area contributed by atoms with Crippen LogP contribution in [0.3, 0.4) is 0 Å². The molecule has 0 aromatic carbocycles. The second-order valence-corrected chi connectivity index (χ2v) is 5.18. The van der Waals surface area contributed by atoms with E-state index in [2.05, 4.69) is 15.6 Å². The number of nitrogens with zero attached hydrogens (tertiary/aromatic N) is 1. The van der Waals surface area contributed by atoms with E-state index < -0.39 is 12.6 Å². The van der Waals surface area contributed by atoms with Crippen molar-refractivity contribution in [3.63, 3.8) is 0 Å². The Hall–Kier alpha value is -0.980. The van der Waals surface area contributed by atoms with E-state index in [1.807, 2.05) is 6.92 Å². The summed E-state index contributed by atoms with van der Waals surface area (Å²) in [4.78, 5) is 4.24. The molecule has 0 radical (unpaired) electrons. The average molecular weight is 309 g/mol. The van der Waals surface area contributed by atoms with Gasteiger partial charge in [0, 0.05) is 26.2 Å². The largest absolute Gasteiger partial charge is 0.390 e. The maximum absolute atomic E-state index is 12.1. The van der Waals surface area contributed by atoms with Crippen molar-refractivity contribution in [1.29, 1.82) is 0 Å². The Labute approximate surface area is 124 Å². The molecule has 1 aliphatic carbocycles. The molecule has 7 heteroatoms. The van der Waals surface area contributed by atoms with Crippen LogP contribution < -0.4 is 10.6 Å². The van der Waals surface area contributed by atoms with Crippen molar-refractivity contribution in [2.24, 2.45) is 4.99 Å². The van der Waals surface area contributed by atoms with Gasteiger partial charge in [-0.25, -0.2) is 0 Å². The molecule has 0 spiro atoms. The van der Waals surface area contributed by atoms with Crippen LogP contribution in [0.1, 0.15) is 45.4 Å². The molecule has 2 N–H and O–H groups in total. The van der Waals surface area contributed by atoms with Crippen molar-refractivity contribution in [3.8, 4) is 0 Å².